The highest BCUT2D eigenvalue weighted by molar-refractivity contribution is 9.10. The second-order valence-corrected chi connectivity index (χ2v) is 4.78. The molecule has 0 spiro atoms. The number of non-ortho nitro benzene ring substituents is 1. The molecule has 1 N–H and O–H groups in total. The molecule has 0 bridgehead atoms. The van der Waals surface area contributed by atoms with E-state index >= 15 is 0 Å². The van der Waals surface area contributed by atoms with Gasteiger partial charge in [-0.1, -0.05) is 0 Å². The number of ether oxygens (including phenoxy) is 1. The van der Waals surface area contributed by atoms with Crippen LogP contribution in [0.15, 0.2) is 40.9 Å². The van der Waals surface area contributed by atoms with Crippen molar-refractivity contribution in [3.8, 4) is 11.5 Å². The van der Waals surface area contributed by atoms with Gasteiger partial charge in [0.2, 0.25) is 0 Å². The van der Waals surface area contributed by atoms with Gasteiger partial charge in [-0.3, -0.25) is 10.1 Å². The number of carbonyl (C=O) groups is 1. The number of nitro groups is 1. The fourth-order valence-corrected chi connectivity index (χ4v) is 1.80. The lowest BCUT2D eigenvalue weighted by atomic mass is 10.2. The summed E-state index contributed by atoms with van der Waals surface area (Å²) < 4.78 is 18.9. The van der Waals surface area contributed by atoms with E-state index in [1.807, 2.05) is 0 Å². The molecule has 0 aliphatic rings. The molecule has 0 saturated heterocycles. The standard InChI is InChI=1S/C13H7BrFNO5/c14-10-3-2-8(6-11(10)15)21-12-4-1-7(16(19)20)5-9(12)13(17)18/h1-6H,(H,17,18). The smallest absolute Gasteiger partial charge is 0.339 e. The molecule has 2 rings (SSSR count). The fraction of sp³-hybridized carbons (Fsp3) is 0. The molecule has 0 saturated carbocycles. The largest absolute Gasteiger partial charge is 0.478 e. The van der Waals surface area contributed by atoms with Crippen LogP contribution in [0.2, 0.25) is 0 Å². The fourth-order valence-electron chi connectivity index (χ4n) is 1.55. The minimum Gasteiger partial charge on any atom is -0.478 e. The predicted molar refractivity (Wildman–Crippen MR) is 74.2 cm³/mol. The second-order valence-electron chi connectivity index (χ2n) is 3.92. The van der Waals surface area contributed by atoms with Crippen LogP contribution in [0.25, 0.3) is 0 Å². The van der Waals surface area contributed by atoms with Crippen LogP contribution in [0.3, 0.4) is 0 Å². The van der Waals surface area contributed by atoms with Crippen molar-refractivity contribution in [3.05, 3.63) is 62.4 Å². The number of nitro benzene ring substituents is 1. The Bertz CT molecular complexity index is 734. The number of carboxylic acid groups (broad SMARTS) is 1. The number of hydrogen-bond donors (Lipinski definition) is 1. The van der Waals surface area contributed by atoms with E-state index in [1.165, 1.54) is 12.1 Å². The lowest BCUT2D eigenvalue weighted by molar-refractivity contribution is -0.384. The molecule has 0 aliphatic carbocycles. The molecule has 2 aromatic carbocycles. The quantitative estimate of drug-likeness (QED) is 0.661. The lowest BCUT2D eigenvalue weighted by Gasteiger charge is -2.09. The Balaban J connectivity index is 2.41. The summed E-state index contributed by atoms with van der Waals surface area (Å²) in [7, 11) is 0. The van der Waals surface area contributed by atoms with Crippen LogP contribution in [0, 0.1) is 15.9 Å². The van der Waals surface area contributed by atoms with Crippen LogP contribution in [-0.2, 0) is 0 Å². The van der Waals surface area contributed by atoms with Gasteiger partial charge in [0.05, 0.1) is 9.40 Å². The van der Waals surface area contributed by atoms with Gasteiger partial charge in [0, 0.05) is 18.2 Å². The van der Waals surface area contributed by atoms with Crippen LogP contribution in [0.5, 0.6) is 11.5 Å². The molecule has 21 heavy (non-hydrogen) atoms. The van der Waals surface area contributed by atoms with E-state index in [4.69, 9.17) is 9.84 Å². The Labute approximate surface area is 126 Å². The molecule has 2 aromatic rings. The summed E-state index contributed by atoms with van der Waals surface area (Å²) in [5, 5.41) is 19.7. The third-order valence-corrected chi connectivity index (χ3v) is 3.17. The molecular formula is C13H7BrFNO5. The average molecular weight is 356 g/mol. The topological polar surface area (TPSA) is 89.7 Å². The lowest BCUT2D eigenvalue weighted by Crippen LogP contribution is -2.01. The van der Waals surface area contributed by atoms with E-state index < -0.39 is 16.7 Å². The molecular weight excluding hydrogens is 349 g/mol. The first kappa shape index (κ1) is 14.9. The van der Waals surface area contributed by atoms with Crippen molar-refractivity contribution >= 4 is 27.6 Å². The van der Waals surface area contributed by atoms with E-state index in [1.54, 1.807) is 0 Å². The number of nitrogens with zero attached hydrogens (tertiary/aromatic N) is 1. The summed E-state index contributed by atoms with van der Waals surface area (Å²) in [6.07, 6.45) is 0. The van der Waals surface area contributed by atoms with Gasteiger partial charge in [-0.25, -0.2) is 9.18 Å². The summed E-state index contributed by atoms with van der Waals surface area (Å²) in [5.74, 6) is -2.00. The van der Waals surface area contributed by atoms with Crippen LogP contribution in [0.1, 0.15) is 10.4 Å². The number of benzene rings is 2. The zero-order chi connectivity index (χ0) is 15.6. The van der Waals surface area contributed by atoms with Gasteiger partial charge in [-0.05, 0) is 34.1 Å². The Hall–Kier alpha value is -2.48. The van der Waals surface area contributed by atoms with Crippen LogP contribution >= 0.6 is 15.9 Å². The zero-order valence-electron chi connectivity index (χ0n) is 10.2. The minimum atomic E-state index is -1.38. The molecule has 108 valence electrons. The molecule has 0 amide bonds. The van der Waals surface area contributed by atoms with Gasteiger partial charge in [-0.2, -0.15) is 0 Å². The Morgan fingerprint density at radius 3 is 2.57 bits per heavy atom. The molecule has 0 fully saturated rings. The van der Waals surface area contributed by atoms with Gasteiger partial charge in [0.1, 0.15) is 22.9 Å². The monoisotopic (exact) mass is 355 g/mol. The van der Waals surface area contributed by atoms with Gasteiger partial charge in [-0.15, -0.1) is 0 Å². The van der Waals surface area contributed by atoms with Crippen molar-refractivity contribution in [3.63, 3.8) is 0 Å². The number of halogens is 2. The predicted octanol–water partition coefficient (Wildman–Crippen LogP) is 3.99. The van der Waals surface area contributed by atoms with Crippen LogP contribution in [0.4, 0.5) is 10.1 Å². The number of carboxylic acids is 1. The summed E-state index contributed by atoms with van der Waals surface area (Å²) in [6, 6.07) is 7.04. The van der Waals surface area contributed by atoms with E-state index in [-0.39, 0.29) is 27.2 Å². The Morgan fingerprint density at radius 2 is 2.00 bits per heavy atom. The van der Waals surface area contributed by atoms with Crippen molar-refractivity contribution in [2.24, 2.45) is 0 Å². The SMILES string of the molecule is O=C(O)c1cc([N+](=O)[O-])ccc1Oc1ccc(Br)c(F)c1. The molecule has 0 heterocycles. The molecule has 0 atom stereocenters. The summed E-state index contributed by atoms with van der Waals surface area (Å²) in [4.78, 5) is 21.1. The van der Waals surface area contributed by atoms with Crippen molar-refractivity contribution < 1.29 is 24.0 Å². The highest BCUT2D eigenvalue weighted by Gasteiger charge is 2.18. The maximum Gasteiger partial charge on any atom is 0.339 e. The molecule has 0 aromatic heterocycles. The van der Waals surface area contributed by atoms with Crippen LogP contribution < -0.4 is 4.74 Å². The minimum absolute atomic E-state index is 0.0760. The summed E-state index contributed by atoms with van der Waals surface area (Å²) >= 11 is 2.98. The van der Waals surface area contributed by atoms with Crippen molar-refractivity contribution in [1.82, 2.24) is 0 Å². The first-order valence-electron chi connectivity index (χ1n) is 5.53. The average Bonchev–Trinajstić information content (AvgIpc) is 2.43. The van der Waals surface area contributed by atoms with Crippen molar-refractivity contribution in [2.45, 2.75) is 0 Å². The third kappa shape index (κ3) is 3.34. The van der Waals surface area contributed by atoms with E-state index in [0.29, 0.717) is 0 Å². The highest BCUT2D eigenvalue weighted by atomic mass is 79.9. The Kier molecular flexibility index (Phi) is 4.18. The summed E-state index contributed by atoms with van der Waals surface area (Å²) in [6.45, 7) is 0. The van der Waals surface area contributed by atoms with Crippen molar-refractivity contribution in [1.29, 1.82) is 0 Å². The molecule has 0 aliphatic heterocycles. The molecule has 6 nitrogen and oxygen atoms in total. The Morgan fingerprint density at radius 1 is 1.29 bits per heavy atom. The maximum absolute atomic E-state index is 13.4. The van der Waals surface area contributed by atoms with Gasteiger partial charge in [0.15, 0.2) is 0 Å². The van der Waals surface area contributed by atoms with E-state index in [9.17, 15) is 19.3 Å². The first-order valence-corrected chi connectivity index (χ1v) is 6.32. The number of rotatable bonds is 4. The molecule has 0 radical (unpaired) electrons. The van der Waals surface area contributed by atoms with Gasteiger partial charge in [0.25, 0.3) is 5.69 Å². The van der Waals surface area contributed by atoms with Gasteiger partial charge < -0.3 is 9.84 Å². The second kappa shape index (κ2) is 5.88. The highest BCUT2D eigenvalue weighted by Crippen LogP contribution is 2.30. The summed E-state index contributed by atoms with van der Waals surface area (Å²) in [5.41, 5.74) is -0.755. The zero-order valence-corrected chi connectivity index (χ0v) is 11.8. The third-order valence-electron chi connectivity index (χ3n) is 2.52. The maximum atomic E-state index is 13.4. The normalized spacial score (nSPS) is 10.2. The number of hydrogen-bond acceptors (Lipinski definition) is 4. The van der Waals surface area contributed by atoms with Gasteiger partial charge >= 0.3 is 5.97 Å². The number of aromatic carboxylic acids is 1. The van der Waals surface area contributed by atoms with E-state index in [0.717, 1.165) is 24.3 Å². The first-order chi connectivity index (χ1) is 9.88. The van der Waals surface area contributed by atoms with Crippen molar-refractivity contribution in [2.75, 3.05) is 0 Å². The van der Waals surface area contributed by atoms with Crippen LogP contribution in [-0.4, -0.2) is 16.0 Å². The molecule has 0 unspecified atom stereocenters. The van der Waals surface area contributed by atoms with E-state index in [2.05, 4.69) is 15.9 Å². The molecule has 8 heteroatoms.